The monoisotopic (exact) mass is 503 g/mol. The van der Waals surface area contributed by atoms with E-state index in [0.717, 1.165) is 36.7 Å². The quantitative estimate of drug-likeness (QED) is 0.552. The number of carbonyl (C=O) groups excluding carboxylic acids is 2. The number of carbonyl (C=O) groups is 2. The van der Waals surface area contributed by atoms with Crippen molar-refractivity contribution in [1.29, 1.82) is 0 Å². The van der Waals surface area contributed by atoms with Crippen LogP contribution in [0.1, 0.15) is 36.8 Å². The molecule has 186 valence electrons. The lowest BCUT2D eigenvalue weighted by molar-refractivity contribution is -0.137. The number of hydrogen-bond donors (Lipinski definition) is 1. The average molecular weight is 504 g/mol. The van der Waals surface area contributed by atoms with Crippen molar-refractivity contribution in [2.24, 2.45) is 0 Å². The molecule has 2 aliphatic rings. The third-order valence-corrected chi connectivity index (χ3v) is 7.20. The topological polar surface area (TPSA) is 52.7 Å². The first kappa shape index (κ1) is 25.3. The van der Waals surface area contributed by atoms with E-state index in [1.807, 2.05) is 18.2 Å². The molecule has 2 amide bonds. The highest BCUT2D eigenvalue weighted by atomic mass is 32.2. The summed E-state index contributed by atoms with van der Waals surface area (Å²) in [6.45, 7) is 3.27. The fourth-order valence-electron chi connectivity index (χ4n) is 4.25. The highest BCUT2D eigenvalue weighted by Crippen LogP contribution is 2.42. The maximum absolute atomic E-state index is 13.3. The second-order valence-corrected chi connectivity index (χ2v) is 9.78. The number of amides is 2. The van der Waals surface area contributed by atoms with Crippen LogP contribution in [0.5, 0.6) is 0 Å². The van der Waals surface area contributed by atoms with Gasteiger partial charge in [0.25, 0.3) is 5.91 Å². The molecule has 1 N–H and O–H groups in total. The first-order valence-corrected chi connectivity index (χ1v) is 12.6. The van der Waals surface area contributed by atoms with Crippen LogP contribution in [-0.4, -0.2) is 49.4 Å². The summed E-state index contributed by atoms with van der Waals surface area (Å²) >= 11 is 1.25. The van der Waals surface area contributed by atoms with Crippen LogP contribution in [0.2, 0.25) is 0 Å². The first-order valence-electron chi connectivity index (χ1n) is 11.8. The highest BCUT2D eigenvalue weighted by Gasteiger charge is 2.31. The van der Waals surface area contributed by atoms with Crippen LogP contribution in [-0.2, 0) is 15.8 Å². The standard InChI is InChI=1S/C26H28F3N3O2S/c27-26(28,29)20-11-9-19(10-12-20)17-23-25(34)32(21-7-3-4-8-22(21)35-23)18-24(33)30-13-16-31-14-5-1-2-6-15-31/h3-4,7-12,17H,1-2,5-6,13-16,18H2,(H,30,33)/b23-17-. The van der Waals surface area contributed by atoms with Crippen LogP contribution in [0.4, 0.5) is 18.9 Å². The van der Waals surface area contributed by atoms with E-state index in [0.29, 0.717) is 22.7 Å². The van der Waals surface area contributed by atoms with Gasteiger partial charge in [0.2, 0.25) is 5.91 Å². The van der Waals surface area contributed by atoms with E-state index in [1.54, 1.807) is 12.1 Å². The fraction of sp³-hybridized carbons (Fsp3) is 0.385. The SMILES string of the molecule is O=C(CN1C(=O)/C(=C/c2ccc(C(F)(F)F)cc2)Sc2ccccc21)NCCN1CCCCCC1. The van der Waals surface area contributed by atoms with E-state index in [1.165, 1.54) is 54.5 Å². The summed E-state index contributed by atoms with van der Waals surface area (Å²) in [4.78, 5) is 30.9. The predicted molar refractivity (Wildman–Crippen MR) is 132 cm³/mol. The fourth-order valence-corrected chi connectivity index (χ4v) is 5.31. The lowest BCUT2D eigenvalue weighted by atomic mass is 10.1. The Kier molecular flexibility index (Phi) is 8.18. The Labute approximate surface area is 207 Å². The molecular formula is C26H28F3N3O2S. The number of benzene rings is 2. The Morgan fingerprint density at radius 2 is 1.69 bits per heavy atom. The van der Waals surface area contributed by atoms with Crippen LogP contribution < -0.4 is 10.2 Å². The summed E-state index contributed by atoms with van der Waals surface area (Å²) in [5.41, 5.74) is 0.385. The second-order valence-electron chi connectivity index (χ2n) is 8.70. The van der Waals surface area contributed by atoms with Gasteiger partial charge in [-0.3, -0.25) is 14.5 Å². The predicted octanol–water partition coefficient (Wildman–Crippen LogP) is 5.18. The van der Waals surface area contributed by atoms with E-state index in [9.17, 15) is 22.8 Å². The van der Waals surface area contributed by atoms with Crippen molar-refractivity contribution >= 4 is 35.3 Å². The van der Waals surface area contributed by atoms with E-state index >= 15 is 0 Å². The summed E-state index contributed by atoms with van der Waals surface area (Å²) in [6.07, 6.45) is 2.00. The highest BCUT2D eigenvalue weighted by molar-refractivity contribution is 8.04. The zero-order valence-corrected chi connectivity index (χ0v) is 20.1. The molecule has 2 heterocycles. The number of likely N-dealkylation sites (tertiary alicyclic amines) is 1. The summed E-state index contributed by atoms with van der Waals surface area (Å²) in [6, 6.07) is 12.0. The number of halogens is 3. The maximum atomic E-state index is 13.3. The van der Waals surface area contributed by atoms with Crippen molar-refractivity contribution in [3.8, 4) is 0 Å². The lowest BCUT2D eigenvalue weighted by Gasteiger charge is -2.30. The van der Waals surface area contributed by atoms with Crippen molar-refractivity contribution in [2.75, 3.05) is 37.6 Å². The molecule has 0 saturated carbocycles. The number of fused-ring (bicyclic) bond motifs is 1. The molecule has 2 aromatic carbocycles. The van der Waals surface area contributed by atoms with Crippen molar-refractivity contribution < 1.29 is 22.8 Å². The molecule has 0 radical (unpaired) electrons. The van der Waals surface area contributed by atoms with Gasteiger partial charge in [-0.15, -0.1) is 0 Å². The van der Waals surface area contributed by atoms with Crippen molar-refractivity contribution in [1.82, 2.24) is 10.2 Å². The lowest BCUT2D eigenvalue weighted by Crippen LogP contribution is -2.44. The van der Waals surface area contributed by atoms with Gasteiger partial charge in [0.05, 0.1) is 16.2 Å². The molecule has 1 fully saturated rings. The van der Waals surface area contributed by atoms with Crippen LogP contribution in [0.3, 0.4) is 0 Å². The first-order chi connectivity index (χ1) is 16.8. The van der Waals surface area contributed by atoms with Gasteiger partial charge in [0.15, 0.2) is 0 Å². The Hall–Kier alpha value is -2.78. The number of nitrogens with zero attached hydrogens (tertiary/aromatic N) is 2. The van der Waals surface area contributed by atoms with Gasteiger partial charge >= 0.3 is 6.18 Å². The molecule has 0 bridgehead atoms. The van der Waals surface area contributed by atoms with Crippen molar-refractivity contribution in [3.63, 3.8) is 0 Å². The van der Waals surface area contributed by atoms with E-state index in [-0.39, 0.29) is 18.4 Å². The van der Waals surface area contributed by atoms with Gasteiger partial charge in [-0.05, 0) is 61.8 Å². The zero-order chi connectivity index (χ0) is 24.8. The van der Waals surface area contributed by atoms with Crippen LogP contribution in [0, 0.1) is 0 Å². The van der Waals surface area contributed by atoms with Gasteiger partial charge in [-0.25, -0.2) is 0 Å². The number of hydrogen-bond acceptors (Lipinski definition) is 4. The van der Waals surface area contributed by atoms with Crippen LogP contribution >= 0.6 is 11.8 Å². The number of rotatable bonds is 6. The summed E-state index contributed by atoms with van der Waals surface area (Å²) < 4.78 is 38.6. The maximum Gasteiger partial charge on any atom is 0.416 e. The number of para-hydroxylation sites is 1. The number of anilines is 1. The van der Waals surface area contributed by atoms with Gasteiger partial charge < -0.3 is 10.2 Å². The Balaban J connectivity index is 1.45. The summed E-state index contributed by atoms with van der Waals surface area (Å²) in [5, 5.41) is 2.93. The van der Waals surface area contributed by atoms with E-state index < -0.39 is 11.7 Å². The molecular weight excluding hydrogens is 475 g/mol. The third kappa shape index (κ3) is 6.67. The molecule has 0 unspecified atom stereocenters. The summed E-state index contributed by atoms with van der Waals surface area (Å²) in [7, 11) is 0. The molecule has 0 aliphatic carbocycles. The molecule has 0 spiro atoms. The minimum atomic E-state index is -4.42. The molecule has 9 heteroatoms. The van der Waals surface area contributed by atoms with Gasteiger partial charge in [-0.2, -0.15) is 13.2 Å². The molecule has 2 aromatic rings. The number of thioether (sulfide) groups is 1. The molecule has 35 heavy (non-hydrogen) atoms. The normalized spacial score (nSPS) is 18.3. The van der Waals surface area contributed by atoms with Gasteiger partial charge in [-0.1, -0.05) is 48.9 Å². The Morgan fingerprint density at radius 1 is 1.00 bits per heavy atom. The molecule has 1 saturated heterocycles. The smallest absolute Gasteiger partial charge is 0.353 e. The van der Waals surface area contributed by atoms with Crippen molar-refractivity contribution in [2.45, 2.75) is 36.8 Å². The van der Waals surface area contributed by atoms with Crippen molar-refractivity contribution in [3.05, 3.63) is 64.6 Å². The minimum absolute atomic E-state index is 0.124. The van der Waals surface area contributed by atoms with Crippen LogP contribution in [0.15, 0.2) is 58.3 Å². The van der Waals surface area contributed by atoms with E-state index in [2.05, 4.69) is 10.2 Å². The second kappa shape index (κ2) is 11.3. The molecule has 0 aromatic heterocycles. The zero-order valence-electron chi connectivity index (χ0n) is 19.3. The molecule has 0 atom stereocenters. The van der Waals surface area contributed by atoms with Gasteiger partial charge in [0, 0.05) is 18.0 Å². The largest absolute Gasteiger partial charge is 0.416 e. The third-order valence-electron chi connectivity index (χ3n) is 6.12. The molecule has 5 nitrogen and oxygen atoms in total. The molecule has 4 rings (SSSR count). The number of nitrogens with one attached hydrogen (secondary N) is 1. The Morgan fingerprint density at radius 3 is 2.37 bits per heavy atom. The minimum Gasteiger partial charge on any atom is -0.353 e. The summed E-state index contributed by atoms with van der Waals surface area (Å²) in [5.74, 6) is -0.597. The Bertz CT molecular complexity index is 1080. The average Bonchev–Trinajstić information content (AvgIpc) is 3.10. The van der Waals surface area contributed by atoms with Gasteiger partial charge in [0.1, 0.15) is 6.54 Å². The molecule has 2 aliphatic heterocycles. The number of alkyl halides is 3. The van der Waals surface area contributed by atoms with Crippen LogP contribution in [0.25, 0.3) is 6.08 Å². The van der Waals surface area contributed by atoms with E-state index in [4.69, 9.17) is 0 Å².